The fourth-order valence-corrected chi connectivity index (χ4v) is 3.99. The molecular weight excluding hydrogens is 347 g/mol. The summed E-state index contributed by atoms with van der Waals surface area (Å²) in [4.78, 5) is 8.96. The van der Waals surface area contributed by atoms with Gasteiger partial charge in [-0.15, -0.1) is 11.3 Å². The molecule has 0 amide bonds. The van der Waals surface area contributed by atoms with E-state index >= 15 is 0 Å². The smallest absolute Gasteiger partial charge is 0.136 e. The van der Waals surface area contributed by atoms with Crippen molar-refractivity contribution >= 4 is 32.8 Å². The molecule has 2 aromatic carbocycles. The number of nitriles is 1. The van der Waals surface area contributed by atoms with Crippen molar-refractivity contribution < 1.29 is 4.39 Å². The second-order valence-corrected chi connectivity index (χ2v) is 7.17. The predicted octanol–water partition coefficient (Wildman–Crippen LogP) is 4.12. The molecule has 1 fully saturated rings. The minimum Gasteiger partial charge on any atom is -0.373 e. The average molecular weight is 364 g/mol. The van der Waals surface area contributed by atoms with Crippen LogP contribution in [0.4, 0.5) is 10.1 Å². The molecular formula is C20H17FN4S. The van der Waals surface area contributed by atoms with E-state index in [1.165, 1.54) is 12.1 Å². The number of hydrogen-bond donors (Lipinski definition) is 0. The van der Waals surface area contributed by atoms with Crippen molar-refractivity contribution in [2.75, 3.05) is 31.1 Å². The largest absolute Gasteiger partial charge is 0.373 e. The fraction of sp³-hybridized carbons (Fsp3) is 0.200. The van der Waals surface area contributed by atoms with Gasteiger partial charge in [0, 0.05) is 38.1 Å². The van der Waals surface area contributed by atoms with Gasteiger partial charge in [-0.25, -0.2) is 9.37 Å². The first-order valence-corrected chi connectivity index (χ1v) is 9.27. The molecule has 0 saturated carbocycles. The van der Waals surface area contributed by atoms with Crippen molar-refractivity contribution in [1.82, 2.24) is 9.88 Å². The molecule has 0 aliphatic carbocycles. The lowest BCUT2D eigenvalue weighted by Gasteiger charge is -2.35. The van der Waals surface area contributed by atoms with Crippen LogP contribution in [0.5, 0.6) is 0 Å². The molecule has 6 heteroatoms. The highest BCUT2D eigenvalue weighted by Crippen LogP contribution is 2.27. The zero-order chi connectivity index (χ0) is 17.9. The Balaban J connectivity index is 1.47. The second kappa shape index (κ2) is 7.14. The molecule has 26 heavy (non-hydrogen) atoms. The van der Waals surface area contributed by atoms with E-state index in [4.69, 9.17) is 0 Å². The van der Waals surface area contributed by atoms with Gasteiger partial charge in [0.1, 0.15) is 22.5 Å². The Morgan fingerprint density at radius 3 is 2.50 bits per heavy atom. The summed E-state index contributed by atoms with van der Waals surface area (Å²) in [6.45, 7) is 3.29. The summed E-state index contributed by atoms with van der Waals surface area (Å²) in [5.41, 5.74) is 2.55. The Bertz CT molecular complexity index is 946. The van der Waals surface area contributed by atoms with E-state index in [9.17, 15) is 9.65 Å². The Morgan fingerprint density at radius 2 is 1.81 bits per heavy atom. The van der Waals surface area contributed by atoms with Crippen molar-refractivity contribution in [3.05, 3.63) is 65.6 Å². The van der Waals surface area contributed by atoms with Gasteiger partial charge < -0.3 is 9.80 Å². The molecule has 1 aliphatic heterocycles. The van der Waals surface area contributed by atoms with Crippen LogP contribution in [0.1, 0.15) is 5.01 Å². The van der Waals surface area contributed by atoms with Crippen molar-refractivity contribution in [2.24, 2.45) is 0 Å². The van der Waals surface area contributed by atoms with E-state index in [1.807, 2.05) is 42.6 Å². The van der Waals surface area contributed by atoms with E-state index in [0.717, 1.165) is 47.1 Å². The van der Waals surface area contributed by atoms with Crippen molar-refractivity contribution in [3.63, 3.8) is 0 Å². The quantitative estimate of drug-likeness (QED) is 0.656. The molecule has 0 spiro atoms. The minimum absolute atomic E-state index is 0.218. The Kier molecular flexibility index (Phi) is 4.55. The number of nitrogens with zero attached hydrogens (tertiary/aromatic N) is 4. The number of halogens is 1. The van der Waals surface area contributed by atoms with Gasteiger partial charge in [0.05, 0.1) is 10.2 Å². The van der Waals surface area contributed by atoms with Crippen molar-refractivity contribution in [2.45, 2.75) is 0 Å². The van der Waals surface area contributed by atoms with Crippen LogP contribution in [0.15, 0.2) is 54.7 Å². The zero-order valence-corrected chi connectivity index (χ0v) is 14.9. The molecule has 0 N–H and O–H groups in total. The monoisotopic (exact) mass is 364 g/mol. The van der Waals surface area contributed by atoms with Gasteiger partial charge in [-0.05, 0) is 36.4 Å². The number of piperazine rings is 1. The summed E-state index contributed by atoms with van der Waals surface area (Å²) in [5, 5.41) is 10.3. The molecule has 3 aromatic rings. The normalized spacial score (nSPS) is 15.3. The number of fused-ring (bicyclic) bond motifs is 1. The van der Waals surface area contributed by atoms with Gasteiger partial charge in [0.15, 0.2) is 0 Å². The number of benzene rings is 2. The van der Waals surface area contributed by atoms with Gasteiger partial charge in [-0.2, -0.15) is 5.26 Å². The molecule has 130 valence electrons. The van der Waals surface area contributed by atoms with E-state index in [0.29, 0.717) is 5.57 Å². The van der Waals surface area contributed by atoms with Crippen LogP contribution in [0, 0.1) is 17.1 Å². The van der Waals surface area contributed by atoms with Crippen LogP contribution in [0.25, 0.3) is 15.8 Å². The van der Waals surface area contributed by atoms with Crippen molar-refractivity contribution in [3.8, 4) is 6.07 Å². The third kappa shape index (κ3) is 3.39. The van der Waals surface area contributed by atoms with Gasteiger partial charge in [0.25, 0.3) is 0 Å². The predicted molar refractivity (Wildman–Crippen MR) is 103 cm³/mol. The van der Waals surface area contributed by atoms with Crippen LogP contribution in [0.2, 0.25) is 0 Å². The van der Waals surface area contributed by atoms with Crippen LogP contribution in [0.3, 0.4) is 0 Å². The van der Waals surface area contributed by atoms with Gasteiger partial charge in [-0.3, -0.25) is 0 Å². The maximum absolute atomic E-state index is 13.1. The van der Waals surface area contributed by atoms with Gasteiger partial charge in [0.2, 0.25) is 0 Å². The highest BCUT2D eigenvalue weighted by atomic mass is 32.1. The van der Waals surface area contributed by atoms with Gasteiger partial charge in [-0.1, -0.05) is 12.1 Å². The molecule has 1 aliphatic rings. The molecule has 0 atom stereocenters. The molecule has 2 heterocycles. The average Bonchev–Trinajstić information content (AvgIpc) is 3.11. The first-order valence-electron chi connectivity index (χ1n) is 8.45. The summed E-state index contributed by atoms with van der Waals surface area (Å²) < 4.78 is 14.2. The fourth-order valence-electron chi connectivity index (χ4n) is 3.06. The van der Waals surface area contributed by atoms with Crippen LogP contribution >= 0.6 is 11.3 Å². The summed E-state index contributed by atoms with van der Waals surface area (Å²) >= 11 is 1.54. The Hall–Kier alpha value is -2.91. The Labute approximate surface area is 155 Å². The number of thiazole rings is 1. The third-order valence-electron chi connectivity index (χ3n) is 4.46. The van der Waals surface area contributed by atoms with E-state index in [-0.39, 0.29) is 5.82 Å². The summed E-state index contributed by atoms with van der Waals surface area (Å²) in [7, 11) is 0. The SMILES string of the molecule is N#C/C(=C\N1CCN(c2ccc(F)cc2)CC1)c1nc2ccccc2s1. The van der Waals surface area contributed by atoms with Crippen molar-refractivity contribution in [1.29, 1.82) is 5.26 Å². The lowest BCUT2D eigenvalue weighted by atomic mass is 10.2. The van der Waals surface area contributed by atoms with Crippen LogP contribution in [-0.2, 0) is 0 Å². The summed E-state index contributed by atoms with van der Waals surface area (Å²) in [6, 6.07) is 16.8. The molecule has 1 aromatic heterocycles. The molecule has 4 nitrogen and oxygen atoms in total. The maximum atomic E-state index is 13.1. The second-order valence-electron chi connectivity index (χ2n) is 6.14. The lowest BCUT2D eigenvalue weighted by Crippen LogP contribution is -2.44. The molecule has 0 radical (unpaired) electrons. The number of hydrogen-bond acceptors (Lipinski definition) is 5. The number of para-hydroxylation sites is 1. The highest BCUT2D eigenvalue weighted by molar-refractivity contribution is 7.19. The van der Waals surface area contributed by atoms with Crippen LogP contribution < -0.4 is 4.90 Å². The standard InChI is InChI=1S/C20H17FN4S/c21-16-5-7-17(8-6-16)25-11-9-24(10-12-25)14-15(13-22)20-23-18-3-1-2-4-19(18)26-20/h1-8,14H,9-12H2/b15-14+. The first-order chi connectivity index (χ1) is 12.7. The third-order valence-corrected chi connectivity index (χ3v) is 5.53. The summed E-state index contributed by atoms with van der Waals surface area (Å²) in [5.74, 6) is -0.218. The van der Waals surface area contributed by atoms with E-state index in [1.54, 1.807) is 11.3 Å². The van der Waals surface area contributed by atoms with Gasteiger partial charge >= 0.3 is 0 Å². The molecule has 4 rings (SSSR count). The first kappa shape index (κ1) is 16.6. The molecule has 0 unspecified atom stereocenters. The summed E-state index contributed by atoms with van der Waals surface area (Å²) in [6.07, 6.45) is 1.92. The Morgan fingerprint density at radius 1 is 1.08 bits per heavy atom. The maximum Gasteiger partial charge on any atom is 0.136 e. The number of allylic oxidation sites excluding steroid dienone is 1. The topological polar surface area (TPSA) is 43.2 Å². The van der Waals surface area contributed by atoms with E-state index in [2.05, 4.69) is 20.9 Å². The van der Waals surface area contributed by atoms with E-state index < -0.39 is 0 Å². The highest BCUT2D eigenvalue weighted by Gasteiger charge is 2.17. The zero-order valence-electron chi connectivity index (χ0n) is 14.1. The number of anilines is 1. The molecule has 0 bridgehead atoms. The number of aromatic nitrogens is 1. The molecule has 1 saturated heterocycles. The lowest BCUT2D eigenvalue weighted by molar-refractivity contribution is 0.350. The number of rotatable bonds is 3. The van der Waals surface area contributed by atoms with Crippen LogP contribution in [-0.4, -0.2) is 36.1 Å². The minimum atomic E-state index is -0.218.